The predicted octanol–water partition coefficient (Wildman–Crippen LogP) is 4.97. The molecule has 1 aromatic heterocycles. The van der Waals surface area contributed by atoms with Crippen molar-refractivity contribution in [2.75, 3.05) is 13.1 Å². The van der Waals surface area contributed by atoms with Crippen LogP contribution in [-0.2, 0) is 6.54 Å². The zero-order chi connectivity index (χ0) is 16.9. The number of hydrazine groups is 1. The van der Waals surface area contributed by atoms with Gasteiger partial charge in [0.2, 0.25) is 0 Å². The second kappa shape index (κ2) is 7.91. The Labute approximate surface area is 153 Å². The minimum Gasteiger partial charge on any atom is -0.248 e. The van der Waals surface area contributed by atoms with Gasteiger partial charge in [0, 0.05) is 19.3 Å². The number of piperidine rings is 1. The van der Waals surface area contributed by atoms with E-state index in [0.717, 1.165) is 24.6 Å². The van der Waals surface area contributed by atoms with Crippen LogP contribution in [0.4, 0.5) is 0 Å². The summed E-state index contributed by atoms with van der Waals surface area (Å²) in [7, 11) is 0. The molecule has 0 saturated carbocycles. The van der Waals surface area contributed by atoms with Gasteiger partial charge in [-0.1, -0.05) is 61.0 Å². The second-order valence-corrected chi connectivity index (χ2v) is 7.56. The standard InChI is InChI=1S/C21H23N3S/c1-3-7-17(8-4-1)18-9-11-19(12-10-18)20-15-22-21(25-20)16-23-24-13-5-2-6-14-24/h1,3-4,7-12,15,23H,2,5-6,13-14,16H2. The van der Waals surface area contributed by atoms with Crippen molar-refractivity contribution in [2.24, 2.45) is 0 Å². The molecule has 0 atom stereocenters. The van der Waals surface area contributed by atoms with Gasteiger partial charge < -0.3 is 0 Å². The van der Waals surface area contributed by atoms with Crippen LogP contribution in [0.15, 0.2) is 60.8 Å². The molecule has 0 spiro atoms. The molecule has 0 amide bonds. The minimum atomic E-state index is 0.826. The highest BCUT2D eigenvalue weighted by Crippen LogP contribution is 2.28. The third kappa shape index (κ3) is 4.15. The predicted molar refractivity (Wildman–Crippen MR) is 105 cm³/mol. The molecule has 2 heterocycles. The maximum absolute atomic E-state index is 4.59. The summed E-state index contributed by atoms with van der Waals surface area (Å²) >= 11 is 1.78. The highest BCUT2D eigenvalue weighted by molar-refractivity contribution is 7.15. The molecular weight excluding hydrogens is 326 g/mol. The van der Waals surface area contributed by atoms with E-state index in [1.54, 1.807) is 11.3 Å². The van der Waals surface area contributed by atoms with Crippen molar-refractivity contribution in [3.05, 3.63) is 65.8 Å². The molecule has 0 radical (unpaired) electrons. The molecule has 128 valence electrons. The Hall–Kier alpha value is -2.01. The van der Waals surface area contributed by atoms with Crippen molar-refractivity contribution in [3.63, 3.8) is 0 Å². The Bertz CT molecular complexity index is 790. The maximum Gasteiger partial charge on any atom is 0.108 e. The zero-order valence-electron chi connectivity index (χ0n) is 14.3. The average molecular weight is 350 g/mol. The lowest BCUT2D eigenvalue weighted by Gasteiger charge is -2.26. The Kier molecular flexibility index (Phi) is 5.21. The lowest BCUT2D eigenvalue weighted by atomic mass is 10.0. The van der Waals surface area contributed by atoms with Gasteiger partial charge in [-0.15, -0.1) is 11.3 Å². The first-order valence-electron chi connectivity index (χ1n) is 8.97. The number of benzene rings is 2. The van der Waals surface area contributed by atoms with Crippen molar-refractivity contribution in [2.45, 2.75) is 25.8 Å². The van der Waals surface area contributed by atoms with Crippen LogP contribution < -0.4 is 5.43 Å². The number of nitrogens with zero attached hydrogens (tertiary/aromatic N) is 2. The Balaban J connectivity index is 1.41. The first-order valence-corrected chi connectivity index (χ1v) is 9.79. The third-order valence-electron chi connectivity index (χ3n) is 4.64. The summed E-state index contributed by atoms with van der Waals surface area (Å²) < 4.78 is 0. The van der Waals surface area contributed by atoms with Crippen molar-refractivity contribution in [1.29, 1.82) is 0 Å². The number of nitrogens with one attached hydrogen (secondary N) is 1. The molecule has 1 aliphatic heterocycles. The fraction of sp³-hybridized carbons (Fsp3) is 0.286. The summed E-state index contributed by atoms with van der Waals surface area (Å²) in [5.74, 6) is 0. The van der Waals surface area contributed by atoms with Gasteiger partial charge >= 0.3 is 0 Å². The normalized spacial score (nSPS) is 15.4. The molecule has 3 aromatic rings. The van der Waals surface area contributed by atoms with Crippen molar-refractivity contribution >= 4 is 11.3 Å². The van der Waals surface area contributed by atoms with E-state index < -0.39 is 0 Å². The van der Waals surface area contributed by atoms with E-state index in [9.17, 15) is 0 Å². The molecule has 1 aliphatic rings. The summed E-state index contributed by atoms with van der Waals surface area (Å²) in [6.45, 7) is 3.13. The zero-order valence-corrected chi connectivity index (χ0v) is 15.1. The highest BCUT2D eigenvalue weighted by atomic mass is 32.1. The molecule has 3 nitrogen and oxygen atoms in total. The van der Waals surface area contributed by atoms with Crippen LogP contribution >= 0.6 is 11.3 Å². The Morgan fingerprint density at radius 3 is 2.28 bits per heavy atom. The lowest BCUT2D eigenvalue weighted by molar-refractivity contribution is 0.151. The topological polar surface area (TPSA) is 28.2 Å². The fourth-order valence-electron chi connectivity index (χ4n) is 3.21. The Morgan fingerprint density at radius 1 is 0.840 bits per heavy atom. The molecule has 1 saturated heterocycles. The minimum absolute atomic E-state index is 0.826. The van der Waals surface area contributed by atoms with Crippen LogP contribution in [0.25, 0.3) is 21.6 Å². The molecule has 25 heavy (non-hydrogen) atoms. The molecule has 1 fully saturated rings. The number of thiazole rings is 1. The van der Waals surface area contributed by atoms with Gasteiger partial charge in [0.1, 0.15) is 5.01 Å². The monoisotopic (exact) mass is 349 g/mol. The van der Waals surface area contributed by atoms with Crippen LogP contribution in [0.1, 0.15) is 24.3 Å². The van der Waals surface area contributed by atoms with Gasteiger partial charge in [0.15, 0.2) is 0 Å². The van der Waals surface area contributed by atoms with Crippen molar-refractivity contribution < 1.29 is 0 Å². The molecule has 4 rings (SSSR count). The van der Waals surface area contributed by atoms with Gasteiger partial charge in [-0.3, -0.25) is 0 Å². The van der Waals surface area contributed by atoms with Gasteiger partial charge in [-0.05, 0) is 29.5 Å². The van der Waals surface area contributed by atoms with Crippen molar-refractivity contribution in [1.82, 2.24) is 15.4 Å². The van der Waals surface area contributed by atoms with E-state index in [2.05, 4.69) is 70.0 Å². The molecule has 0 unspecified atom stereocenters. The van der Waals surface area contributed by atoms with Crippen LogP contribution in [-0.4, -0.2) is 23.1 Å². The number of aromatic nitrogens is 1. The number of rotatable bonds is 5. The Morgan fingerprint density at radius 2 is 1.52 bits per heavy atom. The van der Waals surface area contributed by atoms with Crippen LogP contribution in [0.3, 0.4) is 0 Å². The molecule has 2 aromatic carbocycles. The summed E-state index contributed by atoms with van der Waals surface area (Å²) in [5, 5.41) is 3.48. The number of hydrogen-bond acceptors (Lipinski definition) is 4. The van der Waals surface area contributed by atoms with Gasteiger partial charge in [0.25, 0.3) is 0 Å². The average Bonchev–Trinajstić information content (AvgIpc) is 3.17. The van der Waals surface area contributed by atoms with E-state index in [1.165, 1.54) is 40.8 Å². The van der Waals surface area contributed by atoms with E-state index in [0.29, 0.717) is 0 Å². The maximum atomic E-state index is 4.59. The van der Waals surface area contributed by atoms with Crippen LogP contribution in [0.5, 0.6) is 0 Å². The summed E-state index contributed by atoms with van der Waals surface area (Å²) in [5.41, 5.74) is 7.26. The quantitative estimate of drug-likeness (QED) is 0.705. The molecule has 0 aliphatic carbocycles. The summed E-state index contributed by atoms with van der Waals surface area (Å²) in [6.07, 6.45) is 5.95. The van der Waals surface area contributed by atoms with Gasteiger partial charge in [-0.2, -0.15) is 0 Å². The fourth-order valence-corrected chi connectivity index (χ4v) is 4.07. The lowest BCUT2D eigenvalue weighted by Crippen LogP contribution is -2.41. The smallest absolute Gasteiger partial charge is 0.108 e. The largest absolute Gasteiger partial charge is 0.248 e. The molecule has 4 heteroatoms. The summed E-state index contributed by atoms with van der Waals surface area (Å²) in [4.78, 5) is 5.82. The SMILES string of the molecule is c1ccc(-c2ccc(-c3cnc(CNN4CCCCC4)s3)cc2)cc1. The molecular formula is C21H23N3S. The third-order valence-corrected chi connectivity index (χ3v) is 5.69. The molecule has 0 bridgehead atoms. The van der Waals surface area contributed by atoms with E-state index >= 15 is 0 Å². The van der Waals surface area contributed by atoms with Crippen molar-refractivity contribution in [3.8, 4) is 21.6 Å². The van der Waals surface area contributed by atoms with Crippen LogP contribution in [0, 0.1) is 0 Å². The van der Waals surface area contributed by atoms with Crippen LogP contribution in [0.2, 0.25) is 0 Å². The molecule has 1 N–H and O–H groups in total. The van der Waals surface area contributed by atoms with Gasteiger partial charge in [0.05, 0.1) is 11.4 Å². The number of hydrogen-bond donors (Lipinski definition) is 1. The van der Waals surface area contributed by atoms with E-state index in [-0.39, 0.29) is 0 Å². The van der Waals surface area contributed by atoms with E-state index in [4.69, 9.17) is 0 Å². The first kappa shape index (κ1) is 16.5. The second-order valence-electron chi connectivity index (χ2n) is 6.44. The summed E-state index contributed by atoms with van der Waals surface area (Å²) in [6, 6.07) is 19.3. The highest BCUT2D eigenvalue weighted by Gasteiger charge is 2.11. The van der Waals surface area contributed by atoms with Gasteiger partial charge in [-0.25, -0.2) is 15.4 Å². The van der Waals surface area contributed by atoms with E-state index in [1.807, 2.05) is 6.20 Å². The first-order chi connectivity index (χ1) is 12.4.